The lowest BCUT2D eigenvalue weighted by atomic mass is 11.0. The lowest BCUT2D eigenvalue weighted by Crippen LogP contribution is -2.34. The Kier molecular flexibility index (Phi) is 1.12. The summed E-state index contributed by atoms with van der Waals surface area (Å²) in [6, 6.07) is 0. The smallest absolute Gasteiger partial charge is 0.243 e. The van der Waals surface area contributed by atoms with Crippen LogP contribution in [0.25, 0.3) is 0 Å². The van der Waals surface area contributed by atoms with Crippen molar-refractivity contribution in [2.24, 2.45) is 5.10 Å². The van der Waals surface area contributed by atoms with E-state index in [0.717, 1.165) is 0 Å². The van der Waals surface area contributed by atoms with Crippen molar-refractivity contribution in [3.8, 4) is 0 Å². The van der Waals surface area contributed by atoms with E-state index in [9.17, 15) is 0 Å². The quantitative estimate of drug-likeness (QED) is 0.447. The fraction of sp³-hybridized carbons (Fsp3) is 0.667. The Morgan fingerprint density at radius 3 is 3.14 bits per heavy atom. The Labute approximate surface area is 41.5 Å². The summed E-state index contributed by atoms with van der Waals surface area (Å²) in [6.07, 6.45) is 1.24. The van der Waals surface area contributed by atoms with Crippen molar-refractivity contribution in [1.29, 1.82) is 0 Å². The molecule has 2 N–H and O–H groups in total. The summed E-state index contributed by atoms with van der Waals surface area (Å²) in [7, 11) is 1.78. The molecule has 0 aromatic heterocycles. The highest BCUT2D eigenvalue weighted by molar-refractivity contribution is 5.47. The van der Waals surface area contributed by atoms with Gasteiger partial charge < -0.3 is 4.74 Å². The Balaban J connectivity index is 2.22. The Bertz CT molecular complexity index is 74.2. The lowest BCUT2D eigenvalue weighted by molar-refractivity contribution is 0.165. The molecule has 1 aliphatic rings. The van der Waals surface area contributed by atoms with Crippen molar-refractivity contribution in [2.45, 2.75) is 6.35 Å². The van der Waals surface area contributed by atoms with E-state index in [0.29, 0.717) is 0 Å². The fourth-order valence-corrected chi connectivity index (χ4v) is 0.352. The predicted molar refractivity (Wildman–Crippen MR) is 25.6 cm³/mol. The first-order chi connectivity index (χ1) is 3.43. The second-order valence-corrected chi connectivity index (χ2v) is 1.17. The van der Waals surface area contributed by atoms with E-state index in [1.165, 1.54) is 6.40 Å². The van der Waals surface area contributed by atoms with Gasteiger partial charge in [0.05, 0.1) is 0 Å². The minimum absolute atomic E-state index is 0.125. The zero-order valence-electron chi connectivity index (χ0n) is 4.01. The molecule has 0 aliphatic carbocycles. The topological polar surface area (TPSA) is 45.7 Å². The first kappa shape index (κ1) is 4.39. The third-order valence-electron chi connectivity index (χ3n) is 0.704. The molecule has 0 fully saturated rings. The number of nitrogens with one attached hydrogen (secondary N) is 2. The number of ether oxygens (including phenoxy) is 1. The van der Waals surface area contributed by atoms with E-state index in [1.807, 2.05) is 0 Å². The Morgan fingerprint density at radius 2 is 2.86 bits per heavy atom. The minimum atomic E-state index is -0.125. The monoisotopic (exact) mass is 101 g/mol. The second-order valence-electron chi connectivity index (χ2n) is 1.17. The summed E-state index contributed by atoms with van der Waals surface area (Å²) in [5.41, 5.74) is 2.64. The standard InChI is InChI=1S/C3H7N3O/c1-4-3-6-5-2-7-3/h2-4,6H,1H3. The molecule has 0 saturated heterocycles. The van der Waals surface area contributed by atoms with Crippen LogP contribution in [0.1, 0.15) is 0 Å². The van der Waals surface area contributed by atoms with Crippen LogP contribution in [0.15, 0.2) is 5.10 Å². The van der Waals surface area contributed by atoms with Gasteiger partial charge in [-0.1, -0.05) is 0 Å². The van der Waals surface area contributed by atoms with Crippen molar-refractivity contribution in [2.75, 3.05) is 7.05 Å². The van der Waals surface area contributed by atoms with Gasteiger partial charge in [-0.3, -0.25) is 10.7 Å². The van der Waals surface area contributed by atoms with Gasteiger partial charge in [-0.05, 0) is 7.05 Å². The Hall–Kier alpha value is -0.770. The van der Waals surface area contributed by atoms with Gasteiger partial charge in [0, 0.05) is 0 Å². The second kappa shape index (κ2) is 1.79. The van der Waals surface area contributed by atoms with Crippen molar-refractivity contribution in [3.05, 3.63) is 0 Å². The molecule has 4 nitrogen and oxygen atoms in total. The van der Waals surface area contributed by atoms with Gasteiger partial charge in [0.1, 0.15) is 0 Å². The molecule has 0 amide bonds. The van der Waals surface area contributed by atoms with Crippen LogP contribution in [0.3, 0.4) is 0 Å². The van der Waals surface area contributed by atoms with Crippen LogP contribution in [0, 0.1) is 0 Å². The van der Waals surface area contributed by atoms with Gasteiger partial charge >= 0.3 is 0 Å². The first-order valence-corrected chi connectivity index (χ1v) is 2.03. The van der Waals surface area contributed by atoms with Gasteiger partial charge in [0.25, 0.3) is 0 Å². The maximum Gasteiger partial charge on any atom is 0.243 e. The molecule has 1 atom stereocenters. The summed E-state index contributed by atoms with van der Waals surface area (Å²) in [5, 5.41) is 6.38. The highest BCUT2D eigenvalue weighted by atomic mass is 16.5. The fourth-order valence-electron chi connectivity index (χ4n) is 0.352. The summed E-state index contributed by atoms with van der Waals surface area (Å²) < 4.78 is 4.79. The van der Waals surface area contributed by atoms with Gasteiger partial charge in [-0.25, -0.2) is 0 Å². The molecule has 1 heterocycles. The SMILES string of the molecule is CNC1NN=CO1. The van der Waals surface area contributed by atoms with Crippen LogP contribution >= 0.6 is 0 Å². The minimum Gasteiger partial charge on any atom is -0.444 e. The average Bonchev–Trinajstić information content (AvgIpc) is 2.14. The lowest BCUT2D eigenvalue weighted by Gasteiger charge is -2.04. The summed E-state index contributed by atoms with van der Waals surface area (Å²) >= 11 is 0. The highest BCUT2D eigenvalue weighted by Gasteiger charge is 2.04. The zero-order chi connectivity index (χ0) is 5.11. The van der Waals surface area contributed by atoms with E-state index in [4.69, 9.17) is 4.74 Å². The molecule has 1 unspecified atom stereocenters. The third kappa shape index (κ3) is 0.806. The first-order valence-electron chi connectivity index (χ1n) is 2.03. The van der Waals surface area contributed by atoms with E-state index >= 15 is 0 Å². The average molecular weight is 101 g/mol. The molecular weight excluding hydrogens is 94.1 g/mol. The molecule has 4 heteroatoms. The molecule has 0 radical (unpaired) electrons. The van der Waals surface area contributed by atoms with Crippen LogP contribution in [0.2, 0.25) is 0 Å². The maximum absolute atomic E-state index is 4.79. The highest BCUT2D eigenvalue weighted by Crippen LogP contribution is 1.82. The van der Waals surface area contributed by atoms with E-state index in [-0.39, 0.29) is 6.35 Å². The molecule has 0 aromatic carbocycles. The molecule has 40 valence electrons. The molecule has 0 saturated carbocycles. The summed E-state index contributed by atoms with van der Waals surface area (Å²) in [4.78, 5) is 0. The van der Waals surface area contributed by atoms with E-state index < -0.39 is 0 Å². The third-order valence-corrected chi connectivity index (χ3v) is 0.704. The van der Waals surface area contributed by atoms with Crippen molar-refractivity contribution in [3.63, 3.8) is 0 Å². The van der Waals surface area contributed by atoms with Crippen LogP contribution in [-0.2, 0) is 4.74 Å². The van der Waals surface area contributed by atoms with Crippen LogP contribution in [0.5, 0.6) is 0 Å². The van der Waals surface area contributed by atoms with Crippen LogP contribution in [-0.4, -0.2) is 19.8 Å². The van der Waals surface area contributed by atoms with Crippen LogP contribution < -0.4 is 10.7 Å². The van der Waals surface area contributed by atoms with Gasteiger partial charge in [0.2, 0.25) is 6.35 Å². The zero-order valence-corrected chi connectivity index (χ0v) is 4.01. The van der Waals surface area contributed by atoms with Gasteiger partial charge in [-0.15, -0.1) is 5.10 Å². The Morgan fingerprint density at radius 1 is 2.00 bits per heavy atom. The van der Waals surface area contributed by atoms with Crippen molar-refractivity contribution in [1.82, 2.24) is 10.7 Å². The molecule has 0 aromatic rings. The number of nitrogens with zero attached hydrogens (tertiary/aromatic N) is 1. The molecule has 0 spiro atoms. The molecule has 1 rings (SSSR count). The van der Waals surface area contributed by atoms with Crippen molar-refractivity contribution < 1.29 is 4.74 Å². The normalized spacial score (nSPS) is 26.7. The molecular formula is C3H7N3O. The number of rotatable bonds is 1. The number of hydrogen-bond acceptors (Lipinski definition) is 4. The van der Waals surface area contributed by atoms with Crippen molar-refractivity contribution >= 4 is 6.40 Å². The van der Waals surface area contributed by atoms with E-state index in [1.54, 1.807) is 7.05 Å². The number of hydrogen-bond donors (Lipinski definition) is 2. The van der Waals surface area contributed by atoms with Crippen LogP contribution in [0.4, 0.5) is 0 Å². The predicted octanol–water partition coefficient (Wildman–Crippen LogP) is -0.948. The molecule has 7 heavy (non-hydrogen) atoms. The molecule has 1 aliphatic heterocycles. The molecule has 0 bridgehead atoms. The van der Waals surface area contributed by atoms with Gasteiger partial charge in [0.15, 0.2) is 6.40 Å². The largest absolute Gasteiger partial charge is 0.444 e. The number of hydrazone groups is 1. The van der Waals surface area contributed by atoms with Gasteiger partial charge in [-0.2, -0.15) is 0 Å². The summed E-state index contributed by atoms with van der Waals surface area (Å²) in [6.45, 7) is 0. The summed E-state index contributed by atoms with van der Waals surface area (Å²) in [5.74, 6) is 0. The van der Waals surface area contributed by atoms with E-state index in [2.05, 4.69) is 15.8 Å². The maximum atomic E-state index is 4.79.